The van der Waals surface area contributed by atoms with Crippen molar-refractivity contribution in [1.29, 1.82) is 0 Å². The minimum Gasteiger partial charge on any atom is -0.486 e. The van der Waals surface area contributed by atoms with Crippen molar-refractivity contribution in [2.24, 2.45) is 0 Å². The number of aryl methyl sites for hydroxylation is 1. The minimum absolute atomic E-state index is 0.0108. The van der Waals surface area contributed by atoms with Crippen molar-refractivity contribution in [3.05, 3.63) is 58.6 Å². The maximum Gasteiger partial charge on any atom is 0.310 e. The van der Waals surface area contributed by atoms with E-state index in [-0.39, 0.29) is 5.69 Å². The van der Waals surface area contributed by atoms with Crippen LogP contribution in [0.25, 0.3) is 11.0 Å². The maximum atomic E-state index is 11.0. The van der Waals surface area contributed by atoms with Gasteiger partial charge in [0.2, 0.25) is 0 Å². The molecule has 6 nitrogen and oxygen atoms in total. The average molecular weight is 343 g/mol. The normalized spacial score (nSPS) is 10.9. The first-order chi connectivity index (χ1) is 11.7. The number of ether oxygens (including phenoxy) is 1. The maximum absolute atomic E-state index is 11.0. The van der Waals surface area contributed by atoms with Gasteiger partial charge in [-0.05, 0) is 25.1 Å². The van der Waals surface area contributed by atoms with Crippen molar-refractivity contribution in [3.63, 3.8) is 0 Å². The van der Waals surface area contributed by atoms with Crippen LogP contribution in [0.15, 0.2) is 53.7 Å². The molecule has 0 aliphatic carbocycles. The zero-order valence-corrected chi connectivity index (χ0v) is 14.0. The lowest BCUT2D eigenvalue weighted by Gasteiger charge is -2.07. The van der Waals surface area contributed by atoms with Gasteiger partial charge in [0.25, 0.3) is 0 Å². The number of nitro groups is 1. The quantitative estimate of drug-likeness (QED) is 0.279. The van der Waals surface area contributed by atoms with E-state index in [2.05, 4.69) is 22.5 Å². The first-order valence-corrected chi connectivity index (χ1v) is 8.63. The smallest absolute Gasteiger partial charge is 0.310 e. The Hall–Kier alpha value is -2.54. The Labute approximate surface area is 143 Å². The highest BCUT2D eigenvalue weighted by atomic mass is 32.2. The van der Waals surface area contributed by atoms with Crippen molar-refractivity contribution < 1.29 is 9.66 Å². The van der Waals surface area contributed by atoms with E-state index in [0.29, 0.717) is 18.1 Å². The number of para-hydroxylation sites is 4. The highest BCUT2D eigenvalue weighted by Crippen LogP contribution is 2.27. The fourth-order valence-electron chi connectivity index (χ4n) is 2.48. The summed E-state index contributed by atoms with van der Waals surface area (Å²) in [6.07, 6.45) is 0. The number of imidazole rings is 1. The molecule has 0 atom stereocenters. The number of nitro benzene ring substituents is 1. The summed E-state index contributed by atoms with van der Waals surface area (Å²) < 4.78 is 7.73. The van der Waals surface area contributed by atoms with E-state index in [0.717, 1.165) is 22.7 Å². The van der Waals surface area contributed by atoms with Crippen LogP contribution in [0.5, 0.6) is 5.75 Å². The summed E-state index contributed by atoms with van der Waals surface area (Å²) in [6, 6.07) is 14.4. The van der Waals surface area contributed by atoms with Gasteiger partial charge in [0.1, 0.15) is 0 Å². The van der Waals surface area contributed by atoms with Crippen molar-refractivity contribution in [2.75, 3.05) is 12.4 Å². The summed E-state index contributed by atoms with van der Waals surface area (Å²) in [5.74, 6) is 0.960. The summed E-state index contributed by atoms with van der Waals surface area (Å²) in [5.41, 5.74) is 2.08. The first-order valence-electron chi connectivity index (χ1n) is 7.65. The van der Waals surface area contributed by atoms with Crippen LogP contribution in [0, 0.1) is 10.1 Å². The molecule has 0 aliphatic rings. The predicted molar refractivity (Wildman–Crippen MR) is 94.7 cm³/mol. The molecule has 3 rings (SSSR count). The molecule has 2 aromatic carbocycles. The third kappa shape index (κ3) is 3.35. The van der Waals surface area contributed by atoms with Gasteiger partial charge in [-0.2, -0.15) is 0 Å². The van der Waals surface area contributed by atoms with Crippen LogP contribution in [0.1, 0.15) is 6.92 Å². The number of hydrogen-bond acceptors (Lipinski definition) is 5. The molecule has 0 unspecified atom stereocenters. The number of aromatic nitrogens is 2. The van der Waals surface area contributed by atoms with E-state index in [4.69, 9.17) is 4.74 Å². The van der Waals surface area contributed by atoms with Crippen LogP contribution in [0.3, 0.4) is 0 Å². The van der Waals surface area contributed by atoms with Crippen molar-refractivity contribution in [2.45, 2.75) is 18.6 Å². The van der Waals surface area contributed by atoms with Crippen LogP contribution in [0.2, 0.25) is 0 Å². The molecule has 7 heteroatoms. The monoisotopic (exact) mass is 343 g/mol. The van der Waals surface area contributed by atoms with Gasteiger partial charge in [0.15, 0.2) is 10.9 Å². The van der Waals surface area contributed by atoms with Gasteiger partial charge in [0.05, 0.1) is 22.6 Å². The van der Waals surface area contributed by atoms with Gasteiger partial charge in [0, 0.05) is 18.4 Å². The molecule has 0 spiro atoms. The van der Waals surface area contributed by atoms with Gasteiger partial charge in [-0.3, -0.25) is 10.1 Å². The molecule has 124 valence electrons. The van der Waals surface area contributed by atoms with Crippen LogP contribution < -0.4 is 4.74 Å². The SMILES string of the molecule is CCn1c(SCCOc2ccccc2[N+](=O)[O-])nc2ccccc21. The fourth-order valence-corrected chi connectivity index (χ4v) is 3.38. The molecular formula is C17H17N3O3S. The second-order valence-corrected chi connectivity index (χ2v) is 6.11. The van der Waals surface area contributed by atoms with E-state index < -0.39 is 4.92 Å². The van der Waals surface area contributed by atoms with E-state index in [9.17, 15) is 10.1 Å². The molecule has 1 aromatic heterocycles. The largest absolute Gasteiger partial charge is 0.486 e. The van der Waals surface area contributed by atoms with E-state index in [1.54, 1.807) is 30.0 Å². The zero-order chi connectivity index (χ0) is 16.9. The van der Waals surface area contributed by atoms with Crippen molar-refractivity contribution >= 4 is 28.5 Å². The Balaban J connectivity index is 1.64. The highest BCUT2D eigenvalue weighted by molar-refractivity contribution is 7.99. The molecule has 24 heavy (non-hydrogen) atoms. The van der Waals surface area contributed by atoms with Crippen molar-refractivity contribution in [1.82, 2.24) is 9.55 Å². The van der Waals surface area contributed by atoms with Gasteiger partial charge >= 0.3 is 5.69 Å². The highest BCUT2D eigenvalue weighted by Gasteiger charge is 2.14. The van der Waals surface area contributed by atoms with Gasteiger partial charge in [-0.15, -0.1) is 0 Å². The van der Waals surface area contributed by atoms with Crippen LogP contribution in [-0.2, 0) is 6.54 Å². The van der Waals surface area contributed by atoms with Gasteiger partial charge in [-0.1, -0.05) is 36.0 Å². The molecular weight excluding hydrogens is 326 g/mol. The zero-order valence-electron chi connectivity index (χ0n) is 13.2. The molecule has 3 aromatic rings. The number of nitrogens with zero attached hydrogens (tertiary/aromatic N) is 3. The van der Waals surface area contributed by atoms with Crippen LogP contribution >= 0.6 is 11.8 Å². The Morgan fingerprint density at radius 1 is 1.21 bits per heavy atom. The molecule has 0 bridgehead atoms. The van der Waals surface area contributed by atoms with Crippen molar-refractivity contribution in [3.8, 4) is 5.75 Å². The van der Waals surface area contributed by atoms with E-state index >= 15 is 0 Å². The summed E-state index contributed by atoms with van der Waals surface area (Å²) in [4.78, 5) is 15.2. The Kier molecular flexibility index (Phi) is 5.00. The van der Waals surface area contributed by atoms with Gasteiger partial charge < -0.3 is 9.30 Å². The number of hydrogen-bond donors (Lipinski definition) is 0. The van der Waals surface area contributed by atoms with E-state index in [1.165, 1.54) is 6.07 Å². The Bertz CT molecular complexity index is 863. The molecule has 0 radical (unpaired) electrons. The second kappa shape index (κ2) is 7.35. The summed E-state index contributed by atoms with van der Waals surface area (Å²) in [6.45, 7) is 3.30. The summed E-state index contributed by atoms with van der Waals surface area (Å²) in [5, 5.41) is 11.9. The van der Waals surface area contributed by atoms with Crippen LogP contribution in [0.4, 0.5) is 5.69 Å². The molecule has 0 saturated heterocycles. The average Bonchev–Trinajstić information content (AvgIpc) is 2.96. The second-order valence-electron chi connectivity index (χ2n) is 5.05. The van der Waals surface area contributed by atoms with E-state index in [1.807, 2.05) is 18.2 Å². The first kappa shape index (κ1) is 16.3. The number of rotatable bonds is 7. The molecule has 0 fully saturated rings. The van der Waals surface area contributed by atoms with Crippen LogP contribution in [-0.4, -0.2) is 26.8 Å². The number of thioether (sulfide) groups is 1. The Morgan fingerprint density at radius 3 is 2.75 bits per heavy atom. The topological polar surface area (TPSA) is 70.2 Å². The lowest BCUT2D eigenvalue weighted by molar-refractivity contribution is -0.385. The third-order valence-electron chi connectivity index (χ3n) is 3.57. The minimum atomic E-state index is -0.432. The molecule has 1 heterocycles. The molecule has 0 aliphatic heterocycles. The molecule has 0 amide bonds. The fraction of sp³-hybridized carbons (Fsp3) is 0.235. The lowest BCUT2D eigenvalue weighted by atomic mass is 10.3. The number of benzene rings is 2. The number of fused-ring (bicyclic) bond motifs is 1. The Morgan fingerprint density at radius 2 is 1.96 bits per heavy atom. The molecule has 0 N–H and O–H groups in total. The predicted octanol–water partition coefficient (Wildman–Crippen LogP) is 4.14. The summed E-state index contributed by atoms with van der Waals surface area (Å²) >= 11 is 1.59. The lowest BCUT2D eigenvalue weighted by Crippen LogP contribution is -2.04. The standard InChI is InChI=1S/C17H17N3O3S/c1-2-19-14-8-4-3-7-13(14)18-17(19)24-12-11-23-16-10-6-5-9-15(16)20(21)22/h3-10H,2,11-12H2,1H3. The third-order valence-corrected chi connectivity index (χ3v) is 4.51. The van der Waals surface area contributed by atoms with Gasteiger partial charge in [-0.25, -0.2) is 4.98 Å². The molecule has 0 saturated carbocycles. The summed E-state index contributed by atoms with van der Waals surface area (Å²) in [7, 11) is 0.